The van der Waals surface area contributed by atoms with Gasteiger partial charge in [0.05, 0.1) is 11.1 Å². The number of nitrogens with one attached hydrogen (secondary N) is 1. The minimum atomic E-state index is -0.847. The number of aliphatic hydroxyl groups is 1. The first kappa shape index (κ1) is 14.5. The highest BCUT2D eigenvalue weighted by atomic mass is 16.3. The number of hydrogen-bond donors (Lipinski definition) is 2. The summed E-state index contributed by atoms with van der Waals surface area (Å²) in [6.45, 7) is 4.06. The summed E-state index contributed by atoms with van der Waals surface area (Å²) in [5, 5.41) is 18.1. The van der Waals surface area contributed by atoms with E-state index in [0.29, 0.717) is 18.5 Å². The number of benzene rings is 1. The number of aryl methyl sites for hydroxylation is 1. The van der Waals surface area contributed by atoms with E-state index in [1.165, 1.54) is 0 Å². The van der Waals surface area contributed by atoms with E-state index in [1.807, 2.05) is 45.2 Å². The molecular weight excluding hydrogens is 254 g/mol. The minimum Gasteiger partial charge on any atom is -0.388 e. The lowest BCUT2D eigenvalue weighted by molar-refractivity contribution is 0.0313. The van der Waals surface area contributed by atoms with E-state index in [2.05, 4.69) is 10.4 Å². The molecule has 0 spiro atoms. The molecule has 2 rings (SSSR count). The monoisotopic (exact) mass is 275 g/mol. The Balaban J connectivity index is 2.20. The summed E-state index contributed by atoms with van der Waals surface area (Å²) >= 11 is 0. The first-order chi connectivity index (χ1) is 9.50. The minimum absolute atomic E-state index is 0.240. The fourth-order valence-electron chi connectivity index (χ4n) is 2.21. The smallest absolute Gasteiger partial charge is 0.272 e. The van der Waals surface area contributed by atoms with Crippen molar-refractivity contribution in [2.45, 2.75) is 32.3 Å². The highest BCUT2D eigenvalue weighted by Gasteiger charge is 2.24. The first-order valence-corrected chi connectivity index (χ1v) is 6.93. The van der Waals surface area contributed by atoms with Crippen LogP contribution in [0.2, 0.25) is 0 Å². The van der Waals surface area contributed by atoms with Gasteiger partial charge in [0.1, 0.15) is 0 Å². The van der Waals surface area contributed by atoms with Gasteiger partial charge in [-0.2, -0.15) is 5.10 Å². The van der Waals surface area contributed by atoms with Gasteiger partial charge in [0.25, 0.3) is 5.91 Å². The largest absolute Gasteiger partial charge is 0.388 e. The van der Waals surface area contributed by atoms with Crippen LogP contribution < -0.4 is 5.32 Å². The van der Waals surface area contributed by atoms with Crippen molar-refractivity contribution in [3.63, 3.8) is 0 Å². The molecule has 0 aliphatic carbocycles. The van der Waals surface area contributed by atoms with Crippen LogP contribution in [-0.4, -0.2) is 32.9 Å². The van der Waals surface area contributed by atoms with Crippen LogP contribution in [0.3, 0.4) is 0 Å². The number of rotatable bonds is 5. The quantitative estimate of drug-likeness (QED) is 0.875. The molecule has 0 aliphatic heterocycles. The molecule has 2 aromatic rings. The number of hydrogen-bond acceptors (Lipinski definition) is 3. The van der Waals surface area contributed by atoms with Gasteiger partial charge in [-0.05, 0) is 18.9 Å². The standard InChI is InChI=1S/C15H21N3O2/c1-4-15(20,5-2)10-16-14(19)13-11-8-6-7-9-12(11)18(3)17-13/h6-9,20H,4-5,10H2,1-3H3,(H,16,19). The maximum atomic E-state index is 12.3. The Morgan fingerprint density at radius 1 is 1.35 bits per heavy atom. The Morgan fingerprint density at radius 3 is 2.65 bits per heavy atom. The van der Waals surface area contributed by atoms with Crippen molar-refractivity contribution in [2.75, 3.05) is 6.54 Å². The predicted molar refractivity (Wildman–Crippen MR) is 78.6 cm³/mol. The Morgan fingerprint density at radius 2 is 2.00 bits per heavy atom. The van der Waals surface area contributed by atoms with Crippen LogP contribution in [0.1, 0.15) is 37.2 Å². The molecule has 1 aromatic carbocycles. The van der Waals surface area contributed by atoms with Crippen LogP contribution in [0.15, 0.2) is 24.3 Å². The zero-order valence-corrected chi connectivity index (χ0v) is 12.2. The zero-order chi connectivity index (χ0) is 14.8. The lowest BCUT2D eigenvalue weighted by atomic mass is 9.97. The molecule has 5 nitrogen and oxygen atoms in total. The second-order valence-electron chi connectivity index (χ2n) is 5.10. The highest BCUT2D eigenvalue weighted by Crippen LogP contribution is 2.18. The third-order valence-electron chi connectivity index (χ3n) is 3.87. The van der Waals surface area contributed by atoms with E-state index in [9.17, 15) is 9.90 Å². The summed E-state index contributed by atoms with van der Waals surface area (Å²) in [6, 6.07) is 7.60. The molecule has 0 atom stereocenters. The van der Waals surface area contributed by atoms with E-state index >= 15 is 0 Å². The topological polar surface area (TPSA) is 67.2 Å². The van der Waals surface area contributed by atoms with E-state index in [-0.39, 0.29) is 12.5 Å². The summed E-state index contributed by atoms with van der Waals surface area (Å²) in [6.07, 6.45) is 1.21. The summed E-state index contributed by atoms with van der Waals surface area (Å²) in [5.74, 6) is -0.248. The van der Waals surface area contributed by atoms with E-state index in [0.717, 1.165) is 10.9 Å². The molecule has 0 aliphatic rings. The van der Waals surface area contributed by atoms with Crippen molar-refractivity contribution < 1.29 is 9.90 Å². The fraction of sp³-hybridized carbons (Fsp3) is 0.467. The van der Waals surface area contributed by atoms with Gasteiger partial charge in [0, 0.05) is 19.0 Å². The second kappa shape index (κ2) is 5.63. The third-order valence-corrected chi connectivity index (χ3v) is 3.87. The zero-order valence-electron chi connectivity index (χ0n) is 12.2. The number of aromatic nitrogens is 2. The normalized spacial score (nSPS) is 11.8. The number of nitrogens with zero attached hydrogens (tertiary/aromatic N) is 2. The van der Waals surface area contributed by atoms with Crippen molar-refractivity contribution in [3.8, 4) is 0 Å². The Labute approximate surface area is 118 Å². The van der Waals surface area contributed by atoms with E-state index in [4.69, 9.17) is 0 Å². The van der Waals surface area contributed by atoms with E-state index in [1.54, 1.807) is 4.68 Å². The van der Waals surface area contributed by atoms with Crippen LogP contribution >= 0.6 is 0 Å². The molecule has 20 heavy (non-hydrogen) atoms. The van der Waals surface area contributed by atoms with Gasteiger partial charge in [0.15, 0.2) is 5.69 Å². The van der Waals surface area contributed by atoms with E-state index < -0.39 is 5.60 Å². The van der Waals surface area contributed by atoms with Gasteiger partial charge < -0.3 is 10.4 Å². The third kappa shape index (κ3) is 2.67. The van der Waals surface area contributed by atoms with Gasteiger partial charge in [-0.1, -0.05) is 32.0 Å². The van der Waals surface area contributed by atoms with Gasteiger partial charge in [-0.3, -0.25) is 9.48 Å². The van der Waals surface area contributed by atoms with Crippen molar-refractivity contribution in [2.24, 2.45) is 7.05 Å². The number of carbonyl (C=O) groups excluding carboxylic acids is 1. The number of carbonyl (C=O) groups is 1. The maximum Gasteiger partial charge on any atom is 0.272 e. The van der Waals surface area contributed by atoms with Crippen molar-refractivity contribution in [1.82, 2.24) is 15.1 Å². The maximum absolute atomic E-state index is 12.3. The molecule has 0 bridgehead atoms. The summed E-state index contributed by atoms with van der Waals surface area (Å²) in [4.78, 5) is 12.3. The molecule has 0 saturated carbocycles. The molecule has 2 N–H and O–H groups in total. The average Bonchev–Trinajstić information content (AvgIpc) is 2.82. The van der Waals surface area contributed by atoms with Crippen LogP contribution in [-0.2, 0) is 7.05 Å². The molecule has 0 fully saturated rings. The van der Waals surface area contributed by atoms with Crippen LogP contribution in [0.4, 0.5) is 0 Å². The molecule has 0 unspecified atom stereocenters. The first-order valence-electron chi connectivity index (χ1n) is 6.93. The molecule has 108 valence electrons. The Kier molecular flexibility index (Phi) is 4.09. The highest BCUT2D eigenvalue weighted by molar-refractivity contribution is 6.04. The van der Waals surface area contributed by atoms with Crippen LogP contribution in [0, 0.1) is 0 Å². The van der Waals surface area contributed by atoms with Crippen LogP contribution in [0.25, 0.3) is 10.9 Å². The number of amides is 1. The number of para-hydroxylation sites is 1. The van der Waals surface area contributed by atoms with Crippen molar-refractivity contribution >= 4 is 16.8 Å². The van der Waals surface area contributed by atoms with Crippen molar-refractivity contribution in [1.29, 1.82) is 0 Å². The SMILES string of the molecule is CCC(O)(CC)CNC(=O)c1nn(C)c2ccccc12. The summed E-state index contributed by atoms with van der Waals surface area (Å²) < 4.78 is 1.69. The Bertz CT molecular complexity index is 615. The van der Waals surface area contributed by atoms with Gasteiger partial charge in [-0.15, -0.1) is 0 Å². The predicted octanol–water partition coefficient (Wildman–Crippen LogP) is 1.85. The average molecular weight is 275 g/mol. The fourth-order valence-corrected chi connectivity index (χ4v) is 2.21. The summed E-state index contributed by atoms with van der Waals surface area (Å²) in [7, 11) is 1.81. The van der Waals surface area contributed by atoms with Crippen LogP contribution in [0.5, 0.6) is 0 Å². The molecule has 5 heteroatoms. The molecule has 1 aromatic heterocycles. The van der Waals surface area contributed by atoms with Gasteiger partial charge in [0.2, 0.25) is 0 Å². The molecule has 0 saturated heterocycles. The lowest BCUT2D eigenvalue weighted by Gasteiger charge is -2.25. The second-order valence-corrected chi connectivity index (χ2v) is 5.10. The molecule has 1 amide bonds. The lowest BCUT2D eigenvalue weighted by Crippen LogP contribution is -2.42. The molecule has 0 radical (unpaired) electrons. The Hall–Kier alpha value is -1.88. The van der Waals surface area contributed by atoms with Gasteiger partial charge >= 0.3 is 0 Å². The van der Waals surface area contributed by atoms with Crippen molar-refractivity contribution in [3.05, 3.63) is 30.0 Å². The van der Waals surface area contributed by atoms with Gasteiger partial charge in [-0.25, -0.2) is 0 Å². The number of fused-ring (bicyclic) bond motifs is 1. The summed E-state index contributed by atoms with van der Waals surface area (Å²) in [5.41, 5.74) is 0.469. The molecular formula is C15H21N3O2. The molecule has 1 heterocycles.